The van der Waals surface area contributed by atoms with Gasteiger partial charge in [0, 0.05) is 42.6 Å². The zero-order valence-corrected chi connectivity index (χ0v) is 23.4. The molecule has 1 saturated heterocycles. The third-order valence-electron chi connectivity index (χ3n) is 7.48. The summed E-state index contributed by atoms with van der Waals surface area (Å²) in [5.74, 6) is 7.91. The standard InChI is InChI=1S/C30H32ClF3N6/c1-18-4-7-23(37-19(2)22-5-8-25(31)24(15-22)30(32,33)34)14-21(18)6-9-27-28-26(35)10-12-36-29(28)40(38-27)17-20-11-13-39(3)16-20/h4-5,7-8,10,14-15,19-20,36-37H,11-13,16-17,35H2,1-3H3. The van der Waals surface area contributed by atoms with E-state index in [0.717, 1.165) is 60.3 Å². The molecule has 2 unspecified atom stereocenters. The first-order valence-electron chi connectivity index (χ1n) is 13.2. The number of aryl methyl sites for hydroxylation is 1. The molecule has 0 radical (unpaired) electrons. The first-order valence-corrected chi connectivity index (χ1v) is 13.6. The number of nitrogens with one attached hydrogen (secondary N) is 2. The van der Waals surface area contributed by atoms with E-state index in [1.165, 1.54) is 6.07 Å². The number of nitrogens with zero attached hydrogens (tertiary/aromatic N) is 3. The molecular weight excluding hydrogens is 537 g/mol. The number of benzene rings is 2. The zero-order chi connectivity index (χ0) is 28.6. The van der Waals surface area contributed by atoms with Crippen molar-refractivity contribution in [3.05, 3.63) is 81.0 Å². The summed E-state index contributed by atoms with van der Waals surface area (Å²) >= 11 is 5.79. The van der Waals surface area contributed by atoms with Crippen LogP contribution in [0.4, 0.5) is 24.7 Å². The molecule has 210 valence electrons. The van der Waals surface area contributed by atoms with Crippen molar-refractivity contribution in [2.75, 3.05) is 37.3 Å². The van der Waals surface area contributed by atoms with Gasteiger partial charge in [0.1, 0.15) is 11.5 Å². The SMILES string of the molecule is Cc1ccc(NC(C)c2ccc(Cl)c(C(F)(F)F)c2)cc1C#Cc1nn(CC2CCN(C)C2)c2c1C(N)=CCN2. The van der Waals surface area contributed by atoms with Crippen molar-refractivity contribution < 1.29 is 13.2 Å². The van der Waals surface area contributed by atoms with Crippen molar-refractivity contribution in [3.63, 3.8) is 0 Å². The van der Waals surface area contributed by atoms with Gasteiger partial charge in [-0.05, 0) is 87.2 Å². The van der Waals surface area contributed by atoms with Crippen LogP contribution in [0.2, 0.25) is 5.02 Å². The monoisotopic (exact) mass is 568 g/mol. The lowest BCUT2D eigenvalue weighted by Crippen LogP contribution is -2.20. The first-order chi connectivity index (χ1) is 19.0. The summed E-state index contributed by atoms with van der Waals surface area (Å²) in [6, 6.07) is 9.29. The summed E-state index contributed by atoms with van der Waals surface area (Å²) in [5, 5.41) is 11.2. The molecule has 0 saturated carbocycles. The highest BCUT2D eigenvalue weighted by molar-refractivity contribution is 6.31. The van der Waals surface area contributed by atoms with Crippen molar-refractivity contribution in [3.8, 4) is 11.8 Å². The van der Waals surface area contributed by atoms with Gasteiger partial charge in [-0.15, -0.1) is 0 Å². The van der Waals surface area contributed by atoms with Crippen molar-refractivity contribution in [2.24, 2.45) is 11.7 Å². The first kappa shape index (κ1) is 27.9. The van der Waals surface area contributed by atoms with Gasteiger partial charge in [-0.2, -0.15) is 18.3 Å². The fourth-order valence-corrected chi connectivity index (χ4v) is 5.47. The van der Waals surface area contributed by atoms with Crippen LogP contribution in [-0.2, 0) is 12.7 Å². The van der Waals surface area contributed by atoms with Gasteiger partial charge >= 0.3 is 6.18 Å². The van der Waals surface area contributed by atoms with Crippen molar-refractivity contribution in [1.82, 2.24) is 14.7 Å². The highest BCUT2D eigenvalue weighted by atomic mass is 35.5. The van der Waals surface area contributed by atoms with Gasteiger partial charge in [-0.1, -0.05) is 29.7 Å². The predicted molar refractivity (Wildman–Crippen MR) is 154 cm³/mol. The molecule has 4 N–H and O–H groups in total. The number of hydrogen-bond donors (Lipinski definition) is 3. The molecule has 2 atom stereocenters. The fraction of sp³-hybridized carbons (Fsp3) is 0.367. The molecule has 3 heterocycles. The van der Waals surface area contributed by atoms with Gasteiger partial charge in [-0.25, -0.2) is 4.68 Å². The van der Waals surface area contributed by atoms with E-state index < -0.39 is 17.8 Å². The zero-order valence-electron chi connectivity index (χ0n) is 22.7. The molecule has 3 aromatic rings. The Balaban J connectivity index is 1.40. The van der Waals surface area contributed by atoms with E-state index in [1.807, 2.05) is 35.9 Å². The number of fused-ring (bicyclic) bond motifs is 1. The normalized spacial score (nSPS) is 17.9. The van der Waals surface area contributed by atoms with E-state index in [4.69, 9.17) is 22.4 Å². The van der Waals surface area contributed by atoms with Crippen LogP contribution < -0.4 is 16.4 Å². The van der Waals surface area contributed by atoms with Crippen LogP contribution in [-0.4, -0.2) is 41.4 Å². The average Bonchev–Trinajstić information content (AvgIpc) is 3.47. The summed E-state index contributed by atoms with van der Waals surface area (Å²) in [7, 11) is 2.13. The third-order valence-corrected chi connectivity index (χ3v) is 7.81. The summed E-state index contributed by atoms with van der Waals surface area (Å²) in [5.41, 5.74) is 10.6. The van der Waals surface area contributed by atoms with Gasteiger partial charge < -0.3 is 21.3 Å². The molecule has 0 amide bonds. The van der Waals surface area contributed by atoms with E-state index in [0.29, 0.717) is 29.4 Å². The second-order valence-electron chi connectivity index (χ2n) is 10.6. The van der Waals surface area contributed by atoms with Gasteiger partial charge in [0.25, 0.3) is 0 Å². The van der Waals surface area contributed by atoms with Crippen LogP contribution in [0, 0.1) is 24.7 Å². The van der Waals surface area contributed by atoms with Crippen LogP contribution in [0.5, 0.6) is 0 Å². The number of hydrogen-bond acceptors (Lipinski definition) is 5. The second-order valence-corrected chi connectivity index (χ2v) is 11.0. The predicted octanol–water partition coefficient (Wildman–Crippen LogP) is 6.11. The van der Waals surface area contributed by atoms with Crippen molar-refractivity contribution in [2.45, 2.75) is 39.0 Å². The van der Waals surface area contributed by atoms with Crippen LogP contribution in [0.1, 0.15) is 52.9 Å². The van der Waals surface area contributed by atoms with E-state index in [9.17, 15) is 13.2 Å². The lowest BCUT2D eigenvalue weighted by atomic mass is 10.0. The Hall–Kier alpha value is -3.61. The van der Waals surface area contributed by atoms with E-state index in [1.54, 1.807) is 13.0 Å². The molecule has 2 aliphatic rings. The van der Waals surface area contributed by atoms with Crippen LogP contribution in [0.15, 0.2) is 42.5 Å². The molecular formula is C30H32ClF3N6. The molecule has 1 fully saturated rings. The molecule has 40 heavy (non-hydrogen) atoms. The minimum absolute atomic E-state index is 0.317. The maximum Gasteiger partial charge on any atom is 0.417 e. The molecule has 2 aliphatic heterocycles. The number of alkyl halides is 3. The third kappa shape index (κ3) is 5.93. The van der Waals surface area contributed by atoms with Crippen molar-refractivity contribution in [1.29, 1.82) is 0 Å². The molecule has 6 nitrogen and oxygen atoms in total. The molecule has 0 aliphatic carbocycles. The maximum atomic E-state index is 13.3. The van der Waals surface area contributed by atoms with Crippen LogP contribution >= 0.6 is 11.6 Å². The number of anilines is 2. The number of halogens is 4. The topological polar surface area (TPSA) is 71.1 Å². The quantitative estimate of drug-likeness (QED) is 0.324. The van der Waals surface area contributed by atoms with E-state index in [-0.39, 0.29) is 5.02 Å². The average molecular weight is 569 g/mol. The molecule has 0 spiro atoms. The highest BCUT2D eigenvalue weighted by Gasteiger charge is 2.33. The van der Waals surface area contributed by atoms with Gasteiger partial charge in [0.2, 0.25) is 0 Å². The largest absolute Gasteiger partial charge is 0.417 e. The fourth-order valence-electron chi connectivity index (χ4n) is 5.25. The smallest absolute Gasteiger partial charge is 0.398 e. The minimum Gasteiger partial charge on any atom is -0.398 e. The lowest BCUT2D eigenvalue weighted by Gasteiger charge is -2.18. The number of nitrogens with two attached hydrogens (primary N) is 1. The van der Waals surface area contributed by atoms with Crippen molar-refractivity contribution >= 4 is 28.8 Å². The molecule has 2 aromatic carbocycles. The summed E-state index contributed by atoms with van der Waals surface area (Å²) < 4.78 is 42.0. The number of rotatable bonds is 5. The lowest BCUT2D eigenvalue weighted by molar-refractivity contribution is -0.137. The van der Waals surface area contributed by atoms with Crippen LogP contribution in [0.25, 0.3) is 5.70 Å². The Morgan fingerprint density at radius 2 is 2.02 bits per heavy atom. The molecule has 0 bridgehead atoms. The van der Waals surface area contributed by atoms with Gasteiger partial charge in [0.05, 0.1) is 16.1 Å². The Morgan fingerprint density at radius 1 is 1.23 bits per heavy atom. The Morgan fingerprint density at radius 3 is 2.75 bits per heavy atom. The number of aromatic nitrogens is 2. The van der Waals surface area contributed by atoms with Crippen LogP contribution in [0.3, 0.4) is 0 Å². The Bertz CT molecular complexity index is 1510. The number of likely N-dealkylation sites (tertiary alicyclic amines) is 1. The maximum absolute atomic E-state index is 13.3. The van der Waals surface area contributed by atoms with E-state index >= 15 is 0 Å². The Kier molecular flexibility index (Phi) is 7.76. The van der Waals surface area contributed by atoms with E-state index in [2.05, 4.69) is 34.4 Å². The molecule has 5 rings (SSSR count). The highest BCUT2D eigenvalue weighted by Crippen LogP contribution is 2.36. The molecule has 10 heteroatoms. The molecule has 1 aromatic heterocycles. The van der Waals surface area contributed by atoms with Gasteiger partial charge in [0.15, 0.2) is 0 Å². The summed E-state index contributed by atoms with van der Waals surface area (Å²) in [4.78, 5) is 2.33. The minimum atomic E-state index is -4.52. The van der Waals surface area contributed by atoms with Gasteiger partial charge in [-0.3, -0.25) is 0 Å². The second kappa shape index (κ2) is 11.1. The Labute approximate surface area is 237 Å². The summed E-state index contributed by atoms with van der Waals surface area (Å²) in [6.45, 7) is 7.33. The summed E-state index contributed by atoms with van der Waals surface area (Å²) in [6.07, 6.45) is -1.46.